The smallest absolute Gasteiger partial charge is 0.00985 e. The zero-order valence-corrected chi connectivity index (χ0v) is 13.7. The zero-order chi connectivity index (χ0) is 14.6. The molecule has 3 atom stereocenters. The molecule has 0 amide bonds. The molecule has 1 nitrogen and oxygen atoms in total. The number of hydrogen-bond donors (Lipinski definition) is 1. The minimum atomic E-state index is 0.451. The average Bonchev–Trinajstić information content (AvgIpc) is 2.41. The molecule has 0 saturated heterocycles. The van der Waals surface area contributed by atoms with E-state index in [-0.39, 0.29) is 0 Å². The van der Waals surface area contributed by atoms with Crippen molar-refractivity contribution in [3.8, 4) is 0 Å². The second-order valence-electron chi connectivity index (χ2n) is 7.49. The molecule has 0 bridgehead atoms. The minimum absolute atomic E-state index is 0.451. The Labute approximate surface area is 125 Å². The quantitative estimate of drug-likeness (QED) is 0.840. The SMILES string of the molecule is CCNC1CCC(C(C)(C)C)CC1Cc1ccccc1. The summed E-state index contributed by atoms with van der Waals surface area (Å²) in [6.45, 7) is 10.5. The molecular formula is C19H31N. The molecule has 3 unspecified atom stereocenters. The molecule has 1 fully saturated rings. The van der Waals surface area contributed by atoms with E-state index in [1.807, 2.05) is 0 Å². The van der Waals surface area contributed by atoms with Gasteiger partial charge in [-0.3, -0.25) is 0 Å². The van der Waals surface area contributed by atoms with Gasteiger partial charge in [0.1, 0.15) is 0 Å². The first-order chi connectivity index (χ1) is 9.50. The third kappa shape index (κ3) is 4.09. The van der Waals surface area contributed by atoms with Crippen LogP contribution >= 0.6 is 0 Å². The lowest BCUT2D eigenvalue weighted by Gasteiger charge is -2.42. The van der Waals surface area contributed by atoms with Crippen LogP contribution in [0.2, 0.25) is 0 Å². The first-order valence-corrected chi connectivity index (χ1v) is 8.28. The Bertz CT molecular complexity index is 390. The van der Waals surface area contributed by atoms with Gasteiger partial charge in [-0.2, -0.15) is 0 Å². The monoisotopic (exact) mass is 273 g/mol. The third-order valence-electron chi connectivity index (χ3n) is 5.01. The summed E-state index contributed by atoms with van der Waals surface area (Å²) in [6.07, 6.45) is 5.32. The largest absolute Gasteiger partial charge is 0.314 e. The second-order valence-corrected chi connectivity index (χ2v) is 7.49. The summed E-state index contributed by atoms with van der Waals surface area (Å²) < 4.78 is 0. The van der Waals surface area contributed by atoms with Crippen LogP contribution in [-0.4, -0.2) is 12.6 Å². The molecule has 1 aromatic carbocycles. The van der Waals surface area contributed by atoms with Gasteiger partial charge in [-0.1, -0.05) is 58.0 Å². The van der Waals surface area contributed by atoms with Crippen molar-refractivity contribution < 1.29 is 0 Å². The summed E-state index contributed by atoms with van der Waals surface area (Å²) in [5, 5.41) is 3.73. The fraction of sp³-hybridized carbons (Fsp3) is 0.684. The highest BCUT2D eigenvalue weighted by atomic mass is 14.9. The lowest BCUT2D eigenvalue weighted by molar-refractivity contribution is 0.114. The van der Waals surface area contributed by atoms with Gasteiger partial charge in [-0.25, -0.2) is 0 Å². The van der Waals surface area contributed by atoms with Crippen molar-refractivity contribution >= 4 is 0 Å². The number of rotatable bonds is 4. The fourth-order valence-electron chi connectivity index (χ4n) is 3.72. The highest BCUT2D eigenvalue weighted by Gasteiger charge is 2.35. The van der Waals surface area contributed by atoms with Crippen molar-refractivity contribution in [2.75, 3.05) is 6.54 Å². The van der Waals surface area contributed by atoms with Gasteiger partial charge >= 0.3 is 0 Å². The summed E-state index contributed by atoms with van der Waals surface area (Å²) in [5.74, 6) is 1.65. The van der Waals surface area contributed by atoms with Crippen LogP contribution < -0.4 is 5.32 Å². The molecule has 0 radical (unpaired) electrons. The van der Waals surface area contributed by atoms with Crippen molar-refractivity contribution in [3.05, 3.63) is 35.9 Å². The minimum Gasteiger partial charge on any atom is -0.314 e. The first kappa shape index (κ1) is 15.6. The Balaban J connectivity index is 2.07. The molecule has 112 valence electrons. The van der Waals surface area contributed by atoms with Crippen LogP contribution in [0, 0.1) is 17.3 Å². The van der Waals surface area contributed by atoms with Gasteiger partial charge in [0.25, 0.3) is 0 Å². The van der Waals surface area contributed by atoms with E-state index < -0.39 is 0 Å². The molecule has 1 heteroatoms. The van der Waals surface area contributed by atoms with Gasteiger partial charge < -0.3 is 5.32 Å². The summed E-state index contributed by atoms with van der Waals surface area (Å²) in [5.41, 5.74) is 1.95. The van der Waals surface area contributed by atoms with Crippen molar-refractivity contribution in [3.63, 3.8) is 0 Å². The van der Waals surface area contributed by atoms with Gasteiger partial charge in [0.2, 0.25) is 0 Å². The van der Waals surface area contributed by atoms with Crippen molar-refractivity contribution in [2.45, 2.75) is 59.4 Å². The molecule has 0 spiro atoms. The maximum Gasteiger partial charge on any atom is 0.00985 e. The molecule has 1 N–H and O–H groups in total. The van der Waals surface area contributed by atoms with E-state index in [1.165, 1.54) is 31.2 Å². The molecule has 1 aliphatic carbocycles. The standard InChI is InChI=1S/C19H31N/c1-5-20-18-12-11-17(19(2,3)4)14-16(18)13-15-9-7-6-8-10-15/h6-10,16-18,20H,5,11-14H2,1-4H3. The van der Waals surface area contributed by atoms with E-state index in [0.717, 1.165) is 18.4 Å². The molecule has 2 rings (SSSR count). The average molecular weight is 273 g/mol. The lowest BCUT2D eigenvalue weighted by atomic mass is 9.66. The molecule has 0 aliphatic heterocycles. The van der Waals surface area contributed by atoms with Gasteiger partial charge in [0.05, 0.1) is 0 Å². The van der Waals surface area contributed by atoms with Crippen LogP contribution in [0.15, 0.2) is 30.3 Å². The Morgan fingerprint density at radius 3 is 2.40 bits per heavy atom. The van der Waals surface area contributed by atoms with Crippen molar-refractivity contribution in [2.24, 2.45) is 17.3 Å². The zero-order valence-electron chi connectivity index (χ0n) is 13.7. The van der Waals surface area contributed by atoms with Crippen LogP contribution in [0.1, 0.15) is 52.5 Å². The topological polar surface area (TPSA) is 12.0 Å². The first-order valence-electron chi connectivity index (χ1n) is 8.28. The van der Waals surface area contributed by atoms with Gasteiger partial charge in [0, 0.05) is 6.04 Å². The Kier molecular flexibility index (Phi) is 5.26. The van der Waals surface area contributed by atoms with Gasteiger partial charge in [-0.15, -0.1) is 0 Å². The van der Waals surface area contributed by atoms with E-state index in [1.54, 1.807) is 0 Å². The summed E-state index contributed by atoms with van der Waals surface area (Å²) in [7, 11) is 0. The van der Waals surface area contributed by atoms with E-state index in [2.05, 4.69) is 63.3 Å². The highest BCUT2D eigenvalue weighted by Crippen LogP contribution is 2.41. The predicted molar refractivity (Wildman–Crippen MR) is 87.9 cm³/mol. The summed E-state index contributed by atoms with van der Waals surface area (Å²) in [4.78, 5) is 0. The van der Waals surface area contributed by atoms with E-state index in [4.69, 9.17) is 0 Å². The highest BCUT2D eigenvalue weighted by molar-refractivity contribution is 5.16. The molecule has 1 aliphatic rings. The van der Waals surface area contributed by atoms with Gasteiger partial charge in [0.15, 0.2) is 0 Å². The molecule has 0 aromatic heterocycles. The Hall–Kier alpha value is -0.820. The summed E-state index contributed by atoms with van der Waals surface area (Å²) in [6, 6.07) is 11.7. The van der Waals surface area contributed by atoms with E-state index in [9.17, 15) is 0 Å². The lowest BCUT2D eigenvalue weighted by Crippen LogP contribution is -2.43. The van der Waals surface area contributed by atoms with E-state index in [0.29, 0.717) is 11.5 Å². The van der Waals surface area contributed by atoms with Crippen LogP contribution in [-0.2, 0) is 6.42 Å². The van der Waals surface area contributed by atoms with Crippen molar-refractivity contribution in [1.29, 1.82) is 0 Å². The van der Waals surface area contributed by atoms with Crippen LogP contribution in [0.3, 0.4) is 0 Å². The summed E-state index contributed by atoms with van der Waals surface area (Å²) >= 11 is 0. The Morgan fingerprint density at radius 1 is 1.10 bits per heavy atom. The molecular weight excluding hydrogens is 242 g/mol. The van der Waals surface area contributed by atoms with Gasteiger partial charge in [-0.05, 0) is 55.0 Å². The third-order valence-corrected chi connectivity index (χ3v) is 5.01. The fourth-order valence-corrected chi connectivity index (χ4v) is 3.72. The normalized spacial score (nSPS) is 27.5. The molecule has 0 heterocycles. The van der Waals surface area contributed by atoms with Crippen LogP contribution in [0.25, 0.3) is 0 Å². The molecule has 1 saturated carbocycles. The predicted octanol–water partition coefficient (Wildman–Crippen LogP) is 4.67. The number of hydrogen-bond acceptors (Lipinski definition) is 1. The number of nitrogens with one attached hydrogen (secondary N) is 1. The van der Waals surface area contributed by atoms with E-state index >= 15 is 0 Å². The van der Waals surface area contributed by atoms with Crippen LogP contribution in [0.5, 0.6) is 0 Å². The molecule has 1 aromatic rings. The van der Waals surface area contributed by atoms with Crippen molar-refractivity contribution in [1.82, 2.24) is 5.32 Å². The number of benzene rings is 1. The second kappa shape index (κ2) is 6.76. The Morgan fingerprint density at radius 2 is 1.80 bits per heavy atom. The maximum absolute atomic E-state index is 3.73. The van der Waals surface area contributed by atoms with Crippen LogP contribution in [0.4, 0.5) is 0 Å². The molecule has 20 heavy (non-hydrogen) atoms. The maximum atomic E-state index is 3.73.